The van der Waals surface area contributed by atoms with E-state index in [4.69, 9.17) is 4.74 Å². The molecule has 1 fully saturated rings. The SMILES string of the molecule is c1n[nH]c(CCCNCC2CCCO2)n1. The van der Waals surface area contributed by atoms with Crippen molar-refractivity contribution in [3.05, 3.63) is 12.2 Å². The van der Waals surface area contributed by atoms with Crippen LogP contribution in [0.4, 0.5) is 0 Å². The maximum Gasteiger partial charge on any atom is 0.137 e. The molecule has 0 aliphatic carbocycles. The molecule has 0 bridgehead atoms. The van der Waals surface area contributed by atoms with E-state index in [0.717, 1.165) is 38.4 Å². The molecule has 1 atom stereocenters. The molecule has 5 heteroatoms. The van der Waals surface area contributed by atoms with Gasteiger partial charge in [-0.15, -0.1) is 0 Å². The Morgan fingerprint density at radius 2 is 2.60 bits per heavy atom. The molecular formula is C10H18N4O. The summed E-state index contributed by atoms with van der Waals surface area (Å²) in [4.78, 5) is 4.07. The van der Waals surface area contributed by atoms with Crippen LogP contribution in [-0.4, -0.2) is 41.0 Å². The Hall–Kier alpha value is -0.940. The highest BCUT2D eigenvalue weighted by molar-refractivity contribution is 4.79. The maximum absolute atomic E-state index is 5.51. The van der Waals surface area contributed by atoms with Crippen molar-refractivity contribution in [3.8, 4) is 0 Å². The summed E-state index contributed by atoms with van der Waals surface area (Å²) in [5.41, 5.74) is 0. The topological polar surface area (TPSA) is 62.8 Å². The molecule has 0 spiro atoms. The Morgan fingerprint density at radius 1 is 1.60 bits per heavy atom. The Kier molecular flexibility index (Phi) is 4.11. The first-order valence-corrected chi connectivity index (χ1v) is 5.62. The molecule has 2 rings (SSSR count). The fourth-order valence-corrected chi connectivity index (χ4v) is 1.80. The van der Waals surface area contributed by atoms with Crippen molar-refractivity contribution in [2.45, 2.75) is 31.8 Å². The van der Waals surface area contributed by atoms with Gasteiger partial charge in [0.15, 0.2) is 0 Å². The summed E-state index contributed by atoms with van der Waals surface area (Å²) in [7, 11) is 0. The first kappa shape index (κ1) is 10.6. The fraction of sp³-hybridized carbons (Fsp3) is 0.800. The maximum atomic E-state index is 5.51. The van der Waals surface area contributed by atoms with Crippen molar-refractivity contribution < 1.29 is 4.74 Å². The van der Waals surface area contributed by atoms with Crippen LogP contribution in [0.2, 0.25) is 0 Å². The largest absolute Gasteiger partial charge is 0.377 e. The Balaban J connectivity index is 1.48. The van der Waals surface area contributed by atoms with Crippen molar-refractivity contribution in [3.63, 3.8) is 0 Å². The van der Waals surface area contributed by atoms with E-state index in [0.29, 0.717) is 6.10 Å². The number of ether oxygens (including phenoxy) is 1. The van der Waals surface area contributed by atoms with Gasteiger partial charge in [0.25, 0.3) is 0 Å². The van der Waals surface area contributed by atoms with E-state index in [1.807, 2.05) is 0 Å². The normalized spacial score (nSPS) is 20.9. The predicted octanol–water partition coefficient (Wildman–Crippen LogP) is 0.506. The number of rotatable bonds is 6. The second-order valence-corrected chi connectivity index (χ2v) is 3.87. The molecule has 1 aromatic heterocycles. The van der Waals surface area contributed by atoms with Gasteiger partial charge in [-0.25, -0.2) is 4.98 Å². The highest BCUT2D eigenvalue weighted by Gasteiger charge is 2.13. The number of aromatic amines is 1. The lowest BCUT2D eigenvalue weighted by Gasteiger charge is -2.09. The van der Waals surface area contributed by atoms with E-state index in [2.05, 4.69) is 20.5 Å². The van der Waals surface area contributed by atoms with Gasteiger partial charge in [0.05, 0.1) is 6.10 Å². The van der Waals surface area contributed by atoms with Crippen LogP contribution in [0, 0.1) is 0 Å². The van der Waals surface area contributed by atoms with Crippen molar-refractivity contribution >= 4 is 0 Å². The molecule has 1 aliphatic rings. The van der Waals surface area contributed by atoms with Crippen LogP contribution in [0.1, 0.15) is 25.1 Å². The first-order chi connectivity index (χ1) is 7.45. The van der Waals surface area contributed by atoms with Crippen LogP contribution in [0.3, 0.4) is 0 Å². The number of aryl methyl sites for hydroxylation is 1. The number of nitrogens with one attached hydrogen (secondary N) is 2. The standard InChI is InChI=1S/C10H18N4O/c1(4-10-12-8-13-14-10)5-11-7-9-3-2-6-15-9/h8-9,11H,1-7H2,(H,12,13,14). The minimum Gasteiger partial charge on any atom is -0.377 e. The van der Waals surface area contributed by atoms with E-state index in [1.165, 1.54) is 12.8 Å². The molecule has 0 radical (unpaired) electrons. The summed E-state index contributed by atoms with van der Waals surface area (Å²) in [6, 6.07) is 0. The lowest BCUT2D eigenvalue weighted by molar-refractivity contribution is 0.110. The molecule has 2 heterocycles. The quantitative estimate of drug-likeness (QED) is 0.671. The number of aromatic nitrogens is 3. The van der Waals surface area contributed by atoms with Crippen molar-refractivity contribution in [1.29, 1.82) is 0 Å². The molecule has 2 N–H and O–H groups in total. The summed E-state index contributed by atoms with van der Waals surface area (Å²) >= 11 is 0. The highest BCUT2D eigenvalue weighted by atomic mass is 16.5. The van der Waals surface area contributed by atoms with Gasteiger partial charge in [-0.1, -0.05) is 0 Å². The zero-order valence-electron chi connectivity index (χ0n) is 8.91. The monoisotopic (exact) mass is 210 g/mol. The van der Waals surface area contributed by atoms with Crippen molar-refractivity contribution in [2.75, 3.05) is 19.7 Å². The summed E-state index contributed by atoms with van der Waals surface area (Å²) in [5.74, 6) is 0.967. The van der Waals surface area contributed by atoms with Crippen LogP contribution in [0.15, 0.2) is 6.33 Å². The molecule has 15 heavy (non-hydrogen) atoms. The number of hydrogen-bond donors (Lipinski definition) is 2. The lowest BCUT2D eigenvalue weighted by Crippen LogP contribution is -2.27. The van der Waals surface area contributed by atoms with Gasteiger partial charge >= 0.3 is 0 Å². The fourth-order valence-electron chi connectivity index (χ4n) is 1.80. The average Bonchev–Trinajstić information content (AvgIpc) is 2.88. The molecule has 1 unspecified atom stereocenters. The van der Waals surface area contributed by atoms with Gasteiger partial charge in [0, 0.05) is 19.6 Å². The van der Waals surface area contributed by atoms with Gasteiger partial charge < -0.3 is 10.1 Å². The minimum absolute atomic E-state index is 0.440. The average molecular weight is 210 g/mol. The third kappa shape index (κ3) is 3.60. The number of H-pyrrole nitrogens is 1. The zero-order chi connectivity index (χ0) is 10.3. The van der Waals surface area contributed by atoms with Gasteiger partial charge in [-0.05, 0) is 25.8 Å². The van der Waals surface area contributed by atoms with E-state index < -0.39 is 0 Å². The van der Waals surface area contributed by atoms with Gasteiger partial charge in [0.1, 0.15) is 12.2 Å². The van der Waals surface area contributed by atoms with E-state index in [9.17, 15) is 0 Å². The Labute approximate surface area is 89.6 Å². The Morgan fingerprint density at radius 3 is 3.33 bits per heavy atom. The van der Waals surface area contributed by atoms with Crippen molar-refractivity contribution in [2.24, 2.45) is 0 Å². The molecular weight excluding hydrogens is 192 g/mol. The van der Waals surface area contributed by atoms with Crippen LogP contribution in [-0.2, 0) is 11.2 Å². The van der Waals surface area contributed by atoms with Gasteiger partial charge in [-0.3, -0.25) is 5.10 Å². The molecule has 0 amide bonds. The highest BCUT2D eigenvalue weighted by Crippen LogP contribution is 2.10. The van der Waals surface area contributed by atoms with Crippen LogP contribution in [0.25, 0.3) is 0 Å². The second kappa shape index (κ2) is 5.82. The molecule has 1 aromatic rings. The first-order valence-electron chi connectivity index (χ1n) is 5.62. The predicted molar refractivity (Wildman–Crippen MR) is 56.5 cm³/mol. The zero-order valence-corrected chi connectivity index (χ0v) is 8.91. The van der Waals surface area contributed by atoms with Crippen LogP contribution in [0.5, 0.6) is 0 Å². The molecule has 1 aliphatic heterocycles. The summed E-state index contributed by atoms with van der Waals surface area (Å²) in [6.07, 6.45) is 6.45. The molecule has 0 aromatic carbocycles. The van der Waals surface area contributed by atoms with E-state index >= 15 is 0 Å². The van der Waals surface area contributed by atoms with Crippen LogP contribution < -0.4 is 5.32 Å². The smallest absolute Gasteiger partial charge is 0.137 e. The van der Waals surface area contributed by atoms with E-state index in [1.54, 1.807) is 6.33 Å². The Bertz CT molecular complexity index is 256. The molecule has 0 saturated carbocycles. The summed E-state index contributed by atoms with van der Waals surface area (Å²) < 4.78 is 5.51. The second-order valence-electron chi connectivity index (χ2n) is 3.87. The van der Waals surface area contributed by atoms with Crippen molar-refractivity contribution in [1.82, 2.24) is 20.5 Å². The van der Waals surface area contributed by atoms with Gasteiger partial charge in [-0.2, -0.15) is 5.10 Å². The van der Waals surface area contributed by atoms with Gasteiger partial charge in [0.2, 0.25) is 0 Å². The minimum atomic E-state index is 0.440. The number of hydrogen-bond acceptors (Lipinski definition) is 4. The summed E-state index contributed by atoms with van der Waals surface area (Å²) in [5, 5.41) is 10.1. The molecule has 1 saturated heterocycles. The van der Waals surface area contributed by atoms with E-state index in [-0.39, 0.29) is 0 Å². The van der Waals surface area contributed by atoms with Crippen LogP contribution >= 0.6 is 0 Å². The number of nitrogens with zero attached hydrogens (tertiary/aromatic N) is 2. The lowest BCUT2D eigenvalue weighted by atomic mass is 10.2. The molecule has 84 valence electrons. The summed E-state index contributed by atoms with van der Waals surface area (Å²) in [6.45, 7) is 2.93. The third-order valence-corrected chi connectivity index (χ3v) is 2.63. The third-order valence-electron chi connectivity index (χ3n) is 2.63. The molecule has 5 nitrogen and oxygen atoms in total.